The molecule has 3 N–H and O–H groups in total. The van der Waals surface area contributed by atoms with Crippen molar-refractivity contribution in [2.24, 2.45) is 0 Å². The highest BCUT2D eigenvalue weighted by molar-refractivity contribution is 7.90. The number of hydrogen-bond donors (Lipinski definition) is 3. The maximum atomic E-state index is 12.0. The van der Waals surface area contributed by atoms with Crippen molar-refractivity contribution >= 4 is 43.3 Å². The molecule has 0 spiro atoms. The summed E-state index contributed by atoms with van der Waals surface area (Å²) in [7, 11) is -3.24. The number of nitrogens with zero attached hydrogens (tertiary/aromatic N) is 1. The maximum absolute atomic E-state index is 12.0. The van der Waals surface area contributed by atoms with E-state index in [-0.39, 0.29) is 10.9 Å². The molecule has 0 atom stereocenters. The molecule has 0 aliphatic heterocycles. The van der Waals surface area contributed by atoms with E-state index >= 15 is 0 Å². The average Bonchev–Trinajstić information content (AvgIpc) is 2.91. The van der Waals surface area contributed by atoms with Crippen LogP contribution in [0.1, 0.15) is 33.6 Å². The van der Waals surface area contributed by atoms with Crippen LogP contribution in [0.3, 0.4) is 0 Å². The molecule has 0 saturated carbocycles. The highest BCUT2D eigenvalue weighted by Gasteiger charge is 2.14. The average molecular weight is 415 g/mol. The number of rotatable bonds is 9. The van der Waals surface area contributed by atoms with Crippen molar-refractivity contribution in [3.05, 3.63) is 27.9 Å². The van der Waals surface area contributed by atoms with Crippen LogP contribution >= 0.6 is 11.3 Å². The van der Waals surface area contributed by atoms with Crippen molar-refractivity contribution in [2.75, 3.05) is 18.4 Å². The number of sulfonamides is 1. The van der Waals surface area contributed by atoms with Gasteiger partial charge in [-0.05, 0) is 51.8 Å². The van der Waals surface area contributed by atoms with E-state index in [2.05, 4.69) is 15.4 Å². The number of amides is 2. The quantitative estimate of drug-likeness (QED) is 0.547. The fourth-order valence-corrected chi connectivity index (χ4v) is 4.21. The maximum Gasteiger partial charge on any atom is 0.319 e. The summed E-state index contributed by atoms with van der Waals surface area (Å²) >= 11 is 1.16. The number of nitrogens with one attached hydrogen (secondary N) is 3. The van der Waals surface area contributed by atoms with Crippen LogP contribution in [-0.4, -0.2) is 37.4 Å². The summed E-state index contributed by atoms with van der Waals surface area (Å²) in [4.78, 5) is 23.8. The van der Waals surface area contributed by atoms with Crippen LogP contribution in [0.4, 0.5) is 10.5 Å². The number of aromatic nitrogens is 1. The minimum absolute atomic E-state index is 0.0119. The first kappa shape index (κ1) is 21.4. The second kappa shape index (κ2) is 9.34. The zero-order valence-electron chi connectivity index (χ0n) is 15.7. The summed E-state index contributed by atoms with van der Waals surface area (Å²) in [5.74, 6) is 0. The predicted octanol–water partition coefficient (Wildman–Crippen LogP) is 2.31. The molecule has 0 aliphatic rings. The highest BCUT2D eigenvalue weighted by atomic mass is 32.2. The second-order valence-corrected chi connectivity index (χ2v) is 9.69. The molecule has 1 heterocycles. The van der Waals surface area contributed by atoms with Gasteiger partial charge in [0.1, 0.15) is 0 Å². The Hall–Kier alpha value is -1.91. The van der Waals surface area contributed by atoms with Crippen LogP contribution in [0, 0.1) is 0 Å². The molecule has 0 unspecified atom stereocenters. The number of thiazole rings is 1. The molecule has 1 aromatic carbocycles. The smallest absolute Gasteiger partial charge is 0.319 e. The number of carbonyl (C=O) groups excluding carboxylic acids is 1. The molecule has 0 aliphatic carbocycles. The Balaban J connectivity index is 1.76. The number of unbranched alkanes of at least 4 members (excludes halogenated alkanes) is 1. The summed E-state index contributed by atoms with van der Waals surface area (Å²) in [5, 5.41) is 5.03. The molecule has 0 bridgehead atoms. The Morgan fingerprint density at radius 1 is 1.22 bits per heavy atom. The van der Waals surface area contributed by atoms with E-state index in [0.29, 0.717) is 38.2 Å². The van der Waals surface area contributed by atoms with Crippen LogP contribution in [-0.2, 0) is 16.6 Å². The van der Waals surface area contributed by atoms with Crippen LogP contribution in [0.5, 0.6) is 0 Å². The van der Waals surface area contributed by atoms with Crippen molar-refractivity contribution in [3.8, 4) is 0 Å². The number of urea groups is 1. The van der Waals surface area contributed by atoms with Gasteiger partial charge in [0.2, 0.25) is 10.0 Å². The first-order valence-corrected chi connectivity index (χ1v) is 11.3. The van der Waals surface area contributed by atoms with E-state index in [1.807, 2.05) is 13.0 Å². The standard InChI is InChI=1S/C17H26N4O4S2/c1-4-21-14-8-7-13(11-15(14)26-17(21)23)20-16(22)18-9-5-6-10-19-27(24,25)12(2)3/h7-8,11-12,19H,4-6,9-10H2,1-3H3,(H2,18,20,22). The molecule has 0 saturated heterocycles. The summed E-state index contributed by atoms with van der Waals surface area (Å²) in [5.41, 5.74) is 1.48. The lowest BCUT2D eigenvalue weighted by molar-refractivity contribution is 0.252. The Bertz CT molecular complexity index is 947. The van der Waals surface area contributed by atoms with E-state index in [1.165, 1.54) is 0 Å². The molecule has 2 aromatic rings. The van der Waals surface area contributed by atoms with Crippen LogP contribution in [0.2, 0.25) is 0 Å². The number of hydrogen-bond acceptors (Lipinski definition) is 5. The molecule has 0 radical (unpaired) electrons. The van der Waals surface area contributed by atoms with E-state index in [0.717, 1.165) is 21.6 Å². The van der Waals surface area contributed by atoms with E-state index in [4.69, 9.17) is 0 Å². The van der Waals surface area contributed by atoms with E-state index in [9.17, 15) is 18.0 Å². The normalized spacial score (nSPS) is 11.9. The minimum atomic E-state index is -3.24. The van der Waals surface area contributed by atoms with Crippen LogP contribution < -0.4 is 20.2 Å². The van der Waals surface area contributed by atoms with Crippen molar-refractivity contribution in [2.45, 2.75) is 45.4 Å². The summed E-state index contributed by atoms with van der Waals surface area (Å²) in [6.45, 7) is 6.58. The number of anilines is 1. The molecule has 8 nitrogen and oxygen atoms in total. The highest BCUT2D eigenvalue weighted by Crippen LogP contribution is 2.21. The van der Waals surface area contributed by atoms with Gasteiger partial charge < -0.3 is 10.6 Å². The van der Waals surface area contributed by atoms with Gasteiger partial charge in [0.15, 0.2) is 0 Å². The van der Waals surface area contributed by atoms with Gasteiger partial charge in [0.25, 0.3) is 0 Å². The molecular formula is C17H26N4O4S2. The fraction of sp³-hybridized carbons (Fsp3) is 0.529. The lowest BCUT2D eigenvalue weighted by Gasteiger charge is -2.10. The lowest BCUT2D eigenvalue weighted by Crippen LogP contribution is -2.32. The monoisotopic (exact) mass is 414 g/mol. The molecule has 150 valence electrons. The predicted molar refractivity (Wildman–Crippen MR) is 110 cm³/mol. The zero-order chi connectivity index (χ0) is 20.0. The largest absolute Gasteiger partial charge is 0.338 e. The number of aryl methyl sites for hydroxylation is 1. The third-order valence-corrected chi connectivity index (χ3v) is 6.84. The Morgan fingerprint density at radius 2 is 1.93 bits per heavy atom. The van der Waals surface area contributed by atoms with Gasteiger partial charge >= 0.3 is 10.9 Å². The molecular weight excluding hydrogens is 388 g/mol. The lowest BCUT2D eigenvalue weighted by atomic mass is 10.3. The number of benzene rings is 1. The van der Waals surface area contributed by atoms with Gasteiger partial charge in [-0.1, -0.05) is 11.3 Å². The number of fused-ring (bicyclic) bond motifs is 1. The number of carbonyl (C=O) groups is 1. The first-order valence-electron chi connectivity index (χ1n) is 8.91. The third-order valence-electron chi connectivity index (χ3n) is 4.06. The van der Waals surface area contributed by atoms with Gasteiger partial charge in [-0.25, -0.2) is 17.9 Å². The first-order chi connectivity index (χ1) is 12.7. The minimum Gasteiger partial charge on any atom is -0.338 e. The summed E-state index contributed by atoms with van der Waals surface area (Å²) in [6, 6.07) is 5.04. The fourth-order valence-electron chi connectivity index (χ4n) is 2.45. The van der Waals surface area contributed by atoms with Gasteiger partial charge in [-0.3, -0.25) is 9.36 Å². The molecule has 27 heavy (non-hydrogen) atoms. The van der Waals surface area contributed by atoms with Crippen molar-refractivity contribution in [3.63, 3.8) is 0 Å². The summed E-state index contributed by atoms with van der Waals surface area (Å²) < 4.78 is 28.3. The van der Waals surface area contributed by atoms with Gasteiger partial charge in [-0.15, -0.1) is 0 Å². The van der Waals surface area contributed by atoms with Gasteiger partial charge in [0.05, 0.1) is 15.5 Å². The van der Waals surface area contributed by atoms with Crippen molar-refractivity contribution in [1.29, 1.82) is 0 Å². The van der Waals surface area contributed by atoms with E-state index in [1.54, 1.807) is 30.5 Å². The van der Waals surface area contributed by atoms with Crippen molar-refractivity contribution in [1.82, 2.24) is 14.6 Å². The molecule has 1 aromatic heterocycles. The zero-order valence-corrected chi connectivity index (χ0v) is 17.4. The molecule has 2 rings (SSSR count). The van der Waals surface area contributed by atoms with E-state index < -0.39 is 15.3 Å². The second-order valence-electron chi connectivity index (χ2n) is 6.37. The van der Waals surface area contributed by atoms with Crippen molar-refractivity contribution < 1.29 is 13.2 Å². The Morgan fingerprint density at radius 3 is 2.59 bits per heavy atom. The molecule has 10 heteroatoms. The topological polar surface area (TPSA) is 109 Å². The Kier molecular flexibility index (Phi) is 7.40. The Labute approximate surface area is 163 Å². The summed E-state index contributed by atoms with van der Waals surface area (Å²) in [6.07, 6.45) is 1.30. The van der Waals surface area contributed by atoms with Gasteiger partial charge in [0, 0.05) is 25.3 Å². The molecule has 0 fully saturated rings. The third kappa shape index (κ3) is 5.78. The molecule has 2 amide bonds. The van der Waals surface area contributed by atoms with Gasteiger partial charge in [-0.2, -0.15) is 0 Å². The van der Waals surface area contributed by atoms with Crippen LogP contribution in [0.15, 0.2) is 23.0 Å². The van der Waals surface area contributed by atoms with Crippen LogP contribution in [0.25, 0.3) is 10.2 Å². The SMILES string of the molecule is CCn1c(=O)sc2cc(NC(=O)NCCCCNS(=O)(=O)C(C)C)ccc21.